The SMILES string of the molecule is CCN(CC)C(C)C(N)(N)[Si](OC)(OC)OC. The minimum atomic E-state index is -3.09. The number of hydrogen-bond donors (Lipinski definition) is 2. The van der Waals surface area contributed by atoms with Gasteiger partial charge in [-0.05, 0) is 20.0 Å². The summed E-state index contributed by atoms with van der Waals surface area (Å²) in [6.07, 6.45) is 0. The van der Waals surface area contributed by atoms with Gasteiger partial charge in [0, 0.05) is 27.4 Å². The normalized spacial score (nSPS) is 15.4. The zero-order valence-electron chi connectivity index (χ0n) is 11.8. The number of rotatable bonds is 8. The molecule has 0 saturated heterocycles. The Morgan fingerprint density at radius 2 is 1.41 bits per heavy atom. The summed E-state index contributed by atoms with van der Waals surface area (Å²) >= 11 is 0. The summed E-state index contributed by atoms with van der Waals surface area (Å²) in [6.45, 7) is 7.80. The second-order valence-corrected chi connectivity index (χ2v) is 7.20. The summed E-state index contributed by atoms with van der Waals surface area (Å²) in [7, 11) is 1.46. The Labute approximate surface area is 106 Å². The van der Waals surface area contributed by atoms with E-state index in [0.717, 1.165) is 13.1 Å². The third-order valence-corrected chi connectivity index (χ3v) is 6.48. The third kappa shape index (κ3) is 3.05. The molecule has 0 aliphatic rings. The Morgan fingerprint density at radius 3 is 1.65 bits per heavy atom. The first kappa shape index (κ1) is 17.0. The highest BCUT2D eigenvalue weighted by Crippen LogP contribution is 2.22. The van der Waals surface area contributed by atoms with E-state index in [2.05, 4.69) is 18.7 Å². The second-order valence-electron chi connectivity index (χ2n) is 4.00. The van der Waals surface area contributed by atoms with Crippen LogP contribution >= 0.6 is 0 Å². The Kier molecular flexibility index (Phi) is 6.78. The van der Waals surface area contributed by atoms with Crippen molar-refractivity contribution in [2.24, 2.45) is 11.5 Å². The van der Waals surface area contributed by atoms with Gasteiger partial charge in [0.25, 0.3) is 0 Å². The molecule has 0 aromatic carbocycles. The van der Waals surface area contributed by atoms with E-state index < -0.39 is 14.1 Å². The molecule has 0 rings (SSSR count). The first-order chi connectivity index (χ1) is 7.86. The van der Waals surface area contributed by atoms with Gasteiger partial charge in [0.2, 0.25) is 0 Å². The van der Waals surface area contributed by atoms with Gasteiger partial charge in [-0.25, -0.2) is 0 Å². The first-order valence-electron chi connectivity index (χ1n) is 5.84. The largest absolute Gasteiger partial charge is 0.538 e. The maximum absolute atomic E-state index is 6.25. The van der Waals surface area contributed by atoms with Crippen LogP contribution in [0.5, 0.6) is 0 Å². The fourth-order valence-electron chi connectivity index (χ4n) is 2.11. The molecule has 1 unspecified atom stereocenters. The number of likely N-dealkylation sites (N-methyl/N-ethyl adjacent to an activating group) is 1. The fourth-order valence-corrected chi connectivity index (χ4v) is 4.36. The molecule has 0 bridgehead atoms. The Hall–Kier alpha value is -0.0231. The van der Waals surface area contributed by atoms with Crippen LogP contribution in [0.25, 0.3) is 0 Å². The van der Waals surface area contributed by atoms with E-state index >= 15 is 0 Å². The molecule has 7 heteroatoms. The van der Waals surface area contributed by atoms with Crippen molar-refractivity contribution in [3.05, 3.63) is 0 Å². The van der Waals surface area contributed by atoms with Crippen LogP contribution in [0, 0.1) is 0 Å². The molecule has 0 aromatic rings. The van der Waals surface area contributed by atoms with Gasteiger partial charge in [0.05, 0.1) is 0 Å². The molecule has 0 spiro atoms. The zero-order valence-corrected chi connectivity index (χ0v) is 12.8. The van der Waals surface area contributed by atoms with Crippen molar-refractivity contribution in [2.45, 2.75) is 32.1 Å². The predicted molar refractivity (Wildman–Crippen MR) is 70.3 cm³/mol. The van der Waals surface area contributed by atoms with E-state index in [4.69, 9.17) is 24.7 Å². The molecule has 1 atom stereocenters. The molecular formula is C10H27N3O3Si. The maximum atomic E-state index is 6.25. The third-order valence-electron chi connectivity index (χ3n) is 3.39. The van der Waals surface area contributed by atoms with Crippen LogP contribution in [0.1, 0.15) is 20.8 Å². The van der Waals surface area contributed by atoms with Gasteiger partial charge in [0.1, 0.15) is 0 Å². The Balaban J connectivity index is 5.19. The van der Waals surface area contributed by atoms with Crippen LogP contribution in [-0.4, -0.2) is 59.5 Å². The zero-order chi connectivity index (χ0) is 13.7. The van der Waals surface area contributed by atoms with Crippen molar-refractivity contribution in [1.82, 2.24) is 4.90 Å². The van der Waals surface area contributed by atoms with E-state index in [1.165, 1.54) is 21.3 Å². The van der Waals surface area contributed by atoms with Crippen LogP contribution < -0.4 is 11.5 Å². The molecule has 0 aliphatic carbocycles. The summed E-state index contributed by atoms with van der Waals surface area (Å²) in [5.74, 6) is 0. The summed E-state index contributed by atoms with van der Waals surface area (Å²) in [5, 5.41) is -1.16. The van der Waals surface area contributed by atoms with Crippen molar-refractivity contribution in [3.63, 3.8) is 0 Å². The molecule has 0 radical (unpaired) electrons. The highest BCUT2D eigenvalue weighted by atomic mass is 28.4. The lowest BCUT2D eigenvalue weighted by molar-refractivity contribution is 0.0604. The van der Waals surface area contributed by atoms with E-state index in [1.54, 1.807) is 0 Å². The maximum Gasteiger partial charge on any atom is 0.538 e. The molecule has 4 N–H and O–H groups in total. The molecule has 0 fully saturated rings. The van der Waals surface area contributed by atoms with Gasteiger partial charge < -0.3 is 24.7 Å². The van der Waals surface area contributed by atoms with Crippen LogP contribution in [-0.2, 0) is 13.3 Å². The van der Waals surface area contributed by atoms with Crippen LogP contribution in [0.4, 0.5) is 0 Å². The molecule has 0 amide bonds. The molecule has 17 heavy (non-hydrogen) atoms. The minimum absolute atomic E-state index is 0.107. The Morgan fingerprint density at radius 1 is 1.06 bits per heavy atom. The van der Waals surface area contributed by atoms with E-state index in [-0.39, 0.29) is 6.04 Å². The lowest BCUT2D eigenvalue weighted by Crippen LogP contribution is -2.80. The van der Waals surface area contributed by atoms with Gasteiger partial charge in [-0.1, -0.05) is 13.8 Å². The number of nitrogens with zero attached hydrogens (tertiary/aromatic N) is 1. The van der Waals surface area contributed by atoms with E-state index in [1.807, 2.05) is 6.92 Å². The van der Waals surface area contributed by atoms with Gasteiger partial charge in [-0.3, -0.25) is 4.90 Å². The molecule has 0 aliphatic heterocycles. The van der Waals surface area contributed by atoms with Crippen molar-refractivity contribution in [3.8, 4) is 0 Å². The molecule has 0 saturated carbocycles. The molecule has 0 heterocycles. The van der Waals surface area contributed by atoms with Gasteiger partial charge in [0.15, 0.2) is 5.29 Å². The number of nitrogens with two attached hydrogens (primary N) is 2. The molecular weight excluding hydrogens is 238 g/mol. The smallest absolute Gasteiger partial charge is 0.375 e. The highest BCUT2D eigenvalue weighted by Gasteiger charge is 2.59. The van der Waals surface area contributed by atoms with Crippen molar-refractivity contribution in [2.75, 3.05) is 34.4 Å². The van der Waals surface area contributed by atoms with Crippen molar-refractivity contribution in [1.29, 1.82) is 0 Å². The average Bonchev–Trinajstić information content (AvgIpc) is 2.33. The molecule has 0 aromatic heterocycles. The topological polar surface area (TPSA) is 83.0 Å². The van der Waals surface area contributed by atoms with Crippen LogP contribution in [0.2, 0.25) is 0 Å². The van der Waals surface area contributed by atoms with Crippen LogP contribution in [0.3, 0.4) is 0 Å². The quantitative estimate of drug-likeness (QED) is 0.465. The van der Waals surface area contributed by atoms with Gasteiger partial charge in [-0.15, -0.1) is 0 Å². The van der Waals surface area contributed by atoms with Crippen molar-refractivity contribution >= 4 is 8.80 Å². The van der Waals surface area contributed by atoms with Gasteiger partial charge in [-0.2, -0.15) is 0 Å². The number of hydrogen-bond acceptors (Lipinski definition) is 6. The molecule has 6 nitrogen and oxygen atoms in total. The highest BCUT2D eigenvalue weighted by molar-refractivity contribution is 6.64. The predicted octanol–water partition coefficient (Wildman–Crippen LogP) is -0.252. The summed E-state index contributed by atoms with van der Waals surface area (Å²) in [6, 6.07) is -0.107. The standard InChI is InChI=1S/C10H27N3O3Si/c1-7-13(8-2)9(3)10(11,12)17(14-4,15-5)16-6/h9H,7-8,11-12H2,1-6H3. The first-order valence-corrected chi connectivity index (χ1v) is 7.56. The van der Waals surface area contributed by atoms with E-state index in [9.17, 15) is 0 Å². The second kappa shape index (κ2) is 6.79. The van der Waals surface area contributed by atoms with Crippen LogP contribution in [0.15, 0.2) is 0 Å². The summed E-state index contributed by atoms with van der Waals surface area (Å²) in [4.78, 5) is 2.15. The Bertz CT molecular complexity index is 213. The van der Waals surface area contributed by atoms with Gasteiger partial charge >= 0.3 is 8.80 Å². The average molecular weight is 265 g/mol. The summed E-state index contributed by atoms with van der Waals surface area (Å²) in [5.41, 5.74) is 12.5. The monoisotopic (exact) mass is 265 g/mol. The lowest BCUT2D eigenvalue weighted by atomic mass is 10.2. The van der Waals surface area contributed by atoms with E-state index in [0.29, 0.717) is 0 Å². The van der Waals surface area contributed by atoms with Crippen molar-refractivity contribution < 1.29 is 13.3 Å². The fraction of sp³-hybridized carbons (Fsp3) is 1.00. The summed E-state index contributed by atoms with van der Waals surface area (Å²) < 4.78 is 16.1. The minimum Gasteiger partial charge on any atom is -0.375 e. The lowest BCUT2D eigenvalue weighted by Gasteiger charge is -2.45. The molecule has 104 valence electrons.